The highest BCUT2D eigenvalue weighted by Gasteiger charge is 2.24. The summed E-state index contributed by atoms with van der Waals surface area (Å²) >= 11 is 0. The molecule has 0 bridgehead atoms. The van der Waals surface area contributed by atoms with E-state index in [9.17, 15) is 4.79 Å². The van der Waals surface area contributed by atoms with Gasteiger partial charge in [-0.3, -0.25) is 9.78 Å². The van der Waals surface area contributed by atoms with Crippen LogP contribution in [0.2, 0.25) is 0 Å². The number of ketones is 1. The Morgan fingerprint density at radius 1 is 1.17 bits per heavy atom. The van der Waals surface area contributed by atoms with E-state index in [1.165, 1.54) is 11.9 Å². The van der Waals surface area contributed by atoms with Gasteiger partial charge in [-0.05, 0) is 42.9 Å². The molecular weight excluding hydrogens is 369 g/mol. The molecule has 0 spiro atoms. The van der Waals surface area contributed by atoms with Crippen LogP contribution in [0.15, 0.2) is 61.4 Å². The number of Topliss-reactive ketones (excluding diaryl/α,β-unsaturated/α-hetero) is 1. The molecule has 0 saturated carbocycles. The van der Waals surface area contributed by atoms with Gasteiger partial charge in [-0.15, -0.1) is 0 Å². The molecule has 1 saturated heterocycles. The lowest BCUT2D eigenvalue weighted by molar-refractivity contribution is 0.0978. The molecule has 156 valence electrons. The van der Waals surface area contributed by atoms with Crippen LogP contribution < -0.4 is 10.8 Å². The SMILES string of the molecule is Bc1ccc(NC(=C)CCC(=O)c2ccccn2)c(C(=C)N2C[C@H](C)C[C@H](C)C2)c1. The van der Waals surface area contributed by atoms with Gasteiger partial charge in [0.25, 0.3) is 0 Å². The van der Waals surface area contributed by atoms with Crippen molar-refractivity contribution in [1.29, 1.82) is 0 Å². The molecule has 1 aliphatic heterocycles. The van der Waals surface area contributed by atoms with Gasteiger partial charge < -0.3 is 10.2 Å². The number of hydrogen-bond donors (Lipinski definition) is 1. The van der Waals surface area contributed by atoms with Crippen LogP contribution in [0.1, 0.15) is 49.2 Å². The van der Waals surface area contributed by atoms with E-state index in [1.807, 2.05) is 12.1 Å². The number of hydrogen-bond acceptors (Lipinski definition) is 4. The van der Waals surface area contributed by atoms with E-state index in [4.69, 9.17) is 0 Å². The fourth-order valence-corrected chi connectivity index (χ4v) is 4.23. The lowest BCUT2D eigenvalue weighted by atomic mass is 9.89. The molecule has 2 atom stereocenters. The van der Waals surface area contributed by atoms with Crippen molar-refractivity contribution in [3.63, 3.8) is 0 Å². The van der Waals surface area contributed by atoms with Crippen molar-refractivity contribution >= 4 is 30.5 Å². The predicted octanol–water partition coefficient (Wildman–Crippen LogP) is 3.88. The summed E-state index contributed by atoms with van der Waals surface area (Å²) in [5, 5.41) is 3.43. The summed E-state index contributed by atoms with van der Waals surface area (Å²) in [4.78, 5) is 18.9. The number of nitrogens with zero attached hydrogens (tertiary/aromatic N) is 2. The number of pyridine rings is 1. The Morgan fingerprint density at radius 3 is 2.57 bits per heavy atom. The van der Waals surface area contributed by atoms with E-state index in [2.05, 4.69) is 68.3 Å². The highest BCUT2D eigenvalue weighted by Crippen LogP contribution is 2.31. The summed E-state index contributed by atoms with van der Waals surface area (Å²) in [5.74, 6) is 1.36. The van der Waals surface area contributed by atoms with Crippen molar-refractivity contribution in [2.24, 2.45) is 11.8 Å². The number of anilines is 1. The van der Waals surface area contributed by atoms with E-state index >= 15 is 0 Å². The van der Waals surface area contributed by atoms with E-state index in [-0.39, 0.29) is 5.78 Å². The summed E-state index contributed by atoms with van der Waals surface area (Å²) in [5.41, 5.74) is 5.67. The monoisotopic (exact) mass is 401 g/mol. The number of rotatable bonds is 8. The molecular formula is C25H32BN3O. The number of piperidine rings is 1. The third-order valence-corrected chi connectivity index (χ3v) is 5.65. The van der Waals surface area contributed by atoms with E-state index < -0.39 is 0 Å². The van der Waals surface area contributed by atoms with E-state index in [0.29, 0.717) is 30.4 Å². The zero-order valence-corrected chi connectivity index (χ0v) is 18.4. The second kappa shape index (κ2) is 9.79. The molecule has 0 amide bonds. The minimum Gasteiger partial charge on any atom is -0.371 e. The molecule has 4 nitrogen and oxygen atoms in total. The summed E-state index contributed by atoms with van der Waals surface area (Å²) in [6, 6.07) is 11.8. The molecule has 1 fully saturated rings. The van der Waals surface area contributed by atoms with E-state index in [0.717, 1.165) is 35.7 Å². The number of carbonyl (C=O) groups excluding carboxylic acids is 1. The molecule has 3 rings (SSSR count). The van der Waals surface area contributed by atoms with Crippen molar-refractivity contribution in [2.75, 3.05) is 18.4 Å². The van der Waals surface area contributed by atoms with Gasteiger partial charge in [0.2, 0.25) is 0 Å². The Labute approximate surface area is 181 Å². The molecule has 30 heavy (non-hydrogen) atoms. The third-order valence-electron chi connectivity index (χ3n) is 5.65. The average molecular weight is 401 g/mol. The smallest absolute Gasteiger partial charge is 0.181 e. The van der Waals surface area contributed by atoms with Gasteiger partial charge in [-0.25, -0.2) is 0 Å². The van der Waals surface area contributed by atoms with Crippen molar-refractivity contribution in [3.05, 3.63) is 72.7 Å². The molecule has 1 N–H and O–H groups in total. The quantitative estimate of drug-likeness (QED) is 0.539. The minimum absolute atomic E-state index is 0.0309. The first-order valence-corrected chi connectivity index (χ1v) is 10.8. The largest absolute Gasteiger partial charge is 0.371 e. The maximum atomic E-state index is 12.3. The van der Waals surface area contributed by atoms with Crippen LogP contribution >= 0.6 is 0 Å². The van der Waals surface area contributed by atoms with Crippen LogP contribution in [0.5, 0.6) is 0 Å². The highest BCUT2D eigenvalue weighted by atomic mass is 16.1. The maximum absolute atomic E-state index is 12.3. The topological polar surface area (TPSA) is 45.2 Å². The number of allylic oxidation sites excluding steroid dienone is 1. The van der Waals surface area contributed by atoms with Crippen molar-refractivity contribution in [3.8, 4) is 0 Å². The standard InChI is InChI=1S/C25H32BN3O/c1-17-13-18(2)16-29(15-17)20(4)22-14-21(26)9-10-23(22)28-19(3)8-11-25(30)24-7-5-6-12-27-24/h5-7,9-10,12,14,17-18,28H,3-4,8,11,13,15-16,26H2,1-2H3/t17-,18+. The van der Waals surface area contributed by atoms with Gasteiger partial charge in [0.05, 0.1) is 0 Å². The third kappa shape index (κ3) is 5.62. The summed E-state index contributed by atoms with van der Waals surface area (Å²) < 4.78 is 0. The molecule has 0 radical (unpaired) electrons. The zero-order chi connectivity index (χ0) is 21.7. The van der Waals surface area contributed by atoms with Crippen LogP contribution in [-0.2, 0) is 0 Å². The fourth-order valence-electron chi connectivity index (χ4n) is 4.23. The van der Waals surface area contributed by atoms with Gasteiger partial charge in [-0.1, -0.05) is 50.7 Å². The Kier molecular flexibility index (Phi) is 7.14. The number of likely N-dealkylation sites (tertiary alicyclic amines) is 1. The summed E-state index contributed by atoms with van der Waals surface area (Å²) in [6.45, 7) is 15.3. The van der Waals surface area contributed by atoms with E-state index in [1.54, 1.807) is 12.3 Å². The first-order valence-electron chi connectivity index (χ1n) is 10.8. The average Bonchev–Trinajstić information content (AvgIpc) is 2.72. The van der Waals surface area contributed by atoms with Crippen LogP contribution in [-0.4, -0.2) is 36.6 Å². The predicted molar refractivity (Wildman–Crippen MR) is 129 cm³/mol. The van der Waals surface area contributed by atoms with Gasteiger partial charge in [0, 0.05) is 48.4 Å². The number of aromatic nitrogens is 1. The Morgan fingerprint density at radius 2 is 1.90 bits per heavy atom. The summed E-state index contributed by atoms with van der Waals surface area (Å²) in [7, 11) is 2.10. The molecule has 1 aliphatic rings. The first kappa shape index (κ1) is 21.9. The minimum atomic E-state index is 0.0309. The number of nitrogens with one attached hydrogen (secondary N) is 1. The van der Waals surface area contributed by atoms with Crippen molar-refractivity contribution in [2.45, 2.75) is 33.1 Å². The first-order chi connectivity index (χ1) is 14.3. The van der Waals surface area contributed by atoms with Gasteiger partial charge in [-0.2, -0.15) is 0 Å². The lowest BCUT2D eigenvalue weighted by Gasteiger charge is -2.38. The molecule has 0 aliphatic carbocycles. The highest BCUT2D eigenvalue weighted by molar-refractivity contribution is 6.32. The normalized spacial score (nSPS) is 18.7. The molecule has 2 aromatic rings. The summed E-state index contributed by atoms with van der Waals surface area (Å²) in [6.07, 6.45) is 3.86. The van der Waals surface area contributed by atoms with Gasteiger partial charge >= 0.3 is 0 Å². The Bertz CT molecular complexity index is 915. The van der Waals surface area contributed by atoms with Crippen LogP contribution in [0.3, 0.4) is 0 Å². The van der Waals surface area contributed by atoms with Gasteiger partial charge in [0.15, 0.2) is 5.78 Å². The maximum Gasteiger partial charge on any atom is 0.181 e. The van der Waals surface area contributed by atoms with Crippen LogP contribution in [0.4, 0.5) is 5.69 Å². The molecule has 1 aromatic heterocycles. The number of benzene rings is 1. The van der Waals surface area contributed by atoms with Crippen molar-refractivity contribution < 1.29 is 4.79 Å². The molecule has 5 heteroatoms. The second-order valence-electron chi connectivity index (χ2n) is 8.71. The van der Waals surface area contributed by atoms with Crippen LogP contribution in [0, 0.1) is 11.8 Å². The zero-order valence-electron chi connectivity index (χ0n) is 18.4. The fraction of sp³-hybridized carbons (Fsp3) is 0.360. The van der Waals surface area contributed by atoms with Crippen LogP contribution in [0.25, 0.3) is 5.70 Å². The lowest BCUT2D eigenvalue weighted by Crippen LogP contribution is -2.37. The number of carbonyl (C=O) groups is 1. The molecule has 2 heterocycles. The molecule has 1 aromatic carbocycles. The second-order valence-corrected chi connectivity index (χ2v) is 8.71. The van der Waals surface area contributed by atoms with Crippen molar-refractivity contribution in [1.82, 2.24) is 9.88 Å². The Hall–Kier alpha value is -2.82. The Balaban J connectivity index is 1.68. The molecule has 0 unspecified atom stereocenters. The van der Waals surface area contributed by atoms with Gasteiger partial charge in [0.1, 0.15) is 13.5 Å².